The van der Waals surface area contributed by atoms with Crippen LogP contribution in [0.3, 0.4) is 0 Å². The highest BCUT2D eigenvalue weighted by Gasteiger charge is 2.16. The maximum atomic E-state index is 4.70. The van der Waals surface area contributed by atoms with Gasteiger partial charge < -0.3 is 4.90 Å². The first-order chi connectivity index (χ1) is 8.69. The van der Waals surface area contributed by atoms with Gasteiger partial charge in [0.05, 0.1) is 0 Å². The Morgan fingerprint density at radius 3 is 2.94 bits per heavy atom. The van der Waals surface area contributed by atoms with Crippen LogP contribution in [0.25, 0.3) is 0 Å². The largest absolute Gasteiger partial charge is 0.356 e. The molecule has 1 fully saturated rings. The molecule has 2 rings (SSSR count). The second-order valence-electron chi connectivity index (χ2n) is 5.24. The number of anilines is 1. The van der Waals surface area contributed by atoms with E-state index < -0.39 is 0 Å². The van der Waals surface area contributed by atoms with Crippen LogP contribution in [0.15, 0.2) is 10.7 Å². The van der Waals surface area contributed by atoms with Gasteiger partial charge in [-0.2, -0.15) is 0 Å². The van der Waals surface area contributed by atoms with Crippen molar-refractivity contribution in [3.8, 4) is 0 Å². The standard InChI is InChI=1S/C14H22BrN3/c1-3-5-13-16-12(15)10-14(17-13)18-8-4-6-11(2)7-9-18/h10-11H,3-9H2,1-2H3. The van der Waals surface area contributed by atoms with E-state index in [0.29, 0.717) is 0 Å². The Kier molecular flexibility index (Phi) is 4.98. The highest BCUT2D eigenvalue weighted by atomic mass is 79.9. The second kappa shape index (κ2) is 6.50. The number of rotatable bonds is 3. The third-order valence-corrected chi connectivity index (χ3v) is 3.95. The zero-order chi connectivity index (χ0) is 13.0. The summed E-state index contributed by atoms with van der Waals surface area (Å²) in [7, 11) is 0. The monoisotopic (exact) mass is 311 g/mol. The molecule has 0 N–H and O–H groups in total. The van der Waals surface area contributed by atoms with Crippen LogP contribution in [0.1, 0.15) is 45.4 Å². The number of hydrogen-bond donors (Lipinski definition) is 0. The minimum Gasteiger partial charge on any atom is -0.356 e. The Balaban J connectivity index is 2.15. The molecule has 1 unspecified atom stereocenters. The van der Waals surface area contributed by atoms with Crippen molar-refractivity contribution in [3.63, 3.8) is 0 Å². The van der Waals surface area contributed by atoms with Crippen LogP contribution in [-0.4, -0.2) is 23.1 Å². The van der Waals surface area contributed by atoms with E-state index >= 15 is 0 Å². The first-order valence-electron chi connectivity index (χ1n) is 6.97. The molecule has 1 aliphatic rings. The van der Waals surface area contributed by atoms with Crippen LogP contribution in [-0.2, 0) is 6.42 Å². The molecule has 0 bridgehead atoms. The summed E-state index contributed by atoms with van der Waals surface area (Å²) < 4.78 is 0.910. The van der Waals surface area contributed by atoms with Gasteiger partial charge in [-0.15, -0.1) is 0 Å². The fraction of sp³-hybridized carbons (Fsp3) is 0.714. The summed E-state index contributed by atoms with van der Waals surface area (Å²) in [5.41, 5.74) is 0. The maximum Gasteiger partial charge on any atom is 0.133 e. The first-order valence-corrected chi connectivity index (χ1v) is 7.76. The molecule has 3 nitrogen and oxygen atoms in total. The Hall–Kier alpha value is -0.640. The molecule has 0 spiro atoms. The minimum absolute atomic E-state index is 0.843. The number of halogens is 1. The van der Waals surface area contributed by atoms with Gasteiger partial charge in [0.2, 0.25) is 0 Å². The van der Waals surface area contributed by atoms with Gasteiger partial charge in [-0.3, -0.25) is 0 Å². The van der Waals surface area contributed by atoms with Gasteiger partial charge in [0.15, 0.2) is 0 Å². The second-order valence-corrected chi connectivity index (χ2v) is 6.05. The Morgan fingerprint density at radius 1 is 1.33 bits per heavy atom. The molecule has 4 heteroatoms. The SMILES string of the molecule is CCCc1nc(Br)cc(N2CCCC(C)CC2)n1. The molecule has 100 valence electrons. The molecule has 1 saturated heterocycles. The van der Waals surface area contributed by atoms with Gasteiger partial charge in [-0.05, 0) is 47.5 Å². The van der Waals surface area contributed by atoms with E-state index in [0.717, 1.165) is 48.1 Å². The van der Waals surface area contributed by atoms with E-state index in [1.54, 1.807) is 0 Å². The van der Waals surface area contributed by atoms with Crippen LogP contribution >= 0.6 is 15.9 Å². The fourth-order valence-electron chi connectivity index (χ4n) is 2.44. The van der Waals surface area contributed by atoms with Crippen LogP contribution in [0.4, 0.5) is 5.82 Å². The van der Waals surface area contributed by atoms with E-state index in [1.807, 2.05) is 0 Å². The van der Waals surface area contributed by atoms with Crippen molar-refractivity contribution in [2.75, 3.05) is 18.0 Å². The summed E-state index contributed by atoms with van der Waals surface area (Å²) in [4.78, 5) is 11.5. The Labute approximate surface area is 118 Å². The van der Waals surface area contributed by atoms with E-state index in [9.17, 15) is 0 Å². The Bertz CT molecular complexity index is 395. The third-order valence-electron chi connectivity index (χ3n) is 3.54. The van der Waals surface area contributed by atoms with Gasteiger partial charge in [-0.25, -0.2) is 9.97 Å². The van der Waals surface area contributed by atoms with E-state index in [1.165, 1.54) is 19.3 Å². The number of hydrogen-bond acceptors (Lipinski definition) is 3. The Morgan fingerprint density at radius 2 is 2.17 bits per heavy atom. The maximum absolute atomic E-state index is 4.70. The highest BCUT2D eigenvalue weighted by molar-refractivity contribution is 9.10. The van der Waals surface area contributed by atoms with Crippen molar-refractivity contribution in [2.24, 2.45) is 5.92 Å². The van der Waals surface area contributed by atoms with Crippen molar-refractivity contribution >= 4 is 21.7 Å². The average molecular weight is 312 g/mol. The average Bonchev–Trinajstić information content (AvgIpc) is 2.54. The zero-order valence-electron chi connectivity index (χ0n) is 11.3. The predicted molar refractivity (Wildman–Crippen MR) is 79.0 cm³/mol. The van der Waals surface area contributed by atoms with E-state index in [-0.39, 0.29) is 0 Å². The van der Waals surface area contributed by atoms with Gasteiger partial charge >= 0.3 is 0 Å². The molecule has 0 radical (unpaired) electrons. The van der Waals surface area contributed by atoms with Crippen LogP contribution in [0, 0.1) is 5.92 Å². The van der Waals surface area contributed by atoms with Crippen molar-refractivity contribution < 1.29 is 0 Å². The van der Waals surface area contributed by atoms with Gasteiger partial charge in [0.25, 0.3) is 0 Å². The molecular weight excluding hydrogens is 290 g/mol. The summed E-state index contributed by atoms with van der Waals surface area (Å²) in [5, 5.41) is 0. The molecule has 1 atom stereocenters. The van der Waals surface area contributed by atoms with Crippen LogP contribution < -0.4 is 4.90 Å². The molecule has 0 aliphatic carbocycles. The zero-order valence-corrected chi connectivity index (χ0v) is 12.9. The van der Waals surface area contributed by atoms with Crippen molar-refractivity contribution in [2.45, 2.75) is 46.0 Å². The van der Waals surface area contributed by atoms with Crippen LogP contribution in [0.5, 0.6) is 0 Å². The fourth-order valence-corrected chi connectivity index (χ4v) is 2.85. The molecular formula is C14H22BrN3. The molecule has 1 aliphatic heterocycles. The smallest absolute Gasteiger partial charge is 0.133 e. The van der Waals surface area contributed by atoms with Crippen LogP contribution in [0.2, 0.25) is 0 Å². The van der Waals surface area contributed by atoms with E-state index in [2.05, 4.69) is 45.7 Å². The summed E-state index contributed by atoms with van der Waals surface area (Å²) in [6, 6.07) is 2.05. The molecule has 1 aromatic heterocycles. The van der Waals surface area contributed by atoms with Crippen molar-refractivity contribution in [1.82, 2.24) is 9.97 Å². The lowest BCUT2D eigenvalue weighted by Gasteiger charge is -2.22. The van der Waals surface area contributed by atoms with E-state index in [4.69, 9.17) is 4.98 Å². The molecule has 0 saturated carbocycles. The first kappa shape index (κ1) is 13.8. The molecule has 1 aromatic rings. The van der Waals surface area contributed by atoms with Crippen molar-refractivity contribution in [1.29, 1.82) is 0 Å². The van der Waals surface area contributed by atoms with Crippen molar-refractivity contribution in [3.05, 3.63) is 16.5 Å². The highest BCUT2D eigenvalue weighted by Crippen LogP contribution is 2.23. The van der Waals surface area contributed by atoms with Gasteiger partial charge in [0.1, 0.15) is 16.2 Å². The predicted octanol–water partition coefficient (Wildman–Crippen LogP) is 3.82. The minimum atomic E-state index is 0.843. The number of nitrogens with zero attached hydrogens (tertiary/aromatic N) is 3. The van der Waals surface area contributed by atoms with Gasteiger partial charge in [0, 0.05) is 25.6 Å². The molecule has 2 heterocycles. The lowest BCUT2D eigenvalue weighted by molar-refractivity contribution is 0.521. The topological polar surface area (TPSA) is 29.0 Å². The molecule has 0 amide bonds. The third kappa shape index (κ3) is 3.67. The lowest BCUT2D eigenvalue weighted by atomic mass is 10.0. The summed E-state index contributed by atoms with van der Waals surface area (Å²) >= 11 is 3.50. The number of aryl methyl sites for hydroxylation is 1. The molecule has 18 heavy (non-hydrogen) atoms. The normalized spacial score (nSPS) is 20.8. The summed E-state index contributed by atoms with van der Waals surface area (Å²) in [5.74, 6) is 2.89. The molecule has 0 aromatic carbocycles. The van der Waals surface area contributed by atoms with Gasteiger partial charge in [-0.1, -0.05) is 13.8 Å². The quantitative estimate of drug-likeness (QED) is 0.795. The number of aromatic nitrogens is 2. The lowest BCUT2D eigenvalue weighted by Crippen LogP contribution is -2.25. The summed E-state index contributed by atoms with van der Waals surface area (Å²) in [6.45, 7) is 6.76. The summed E-state index contributed by atoms with van der Waals surface area (Å²) in [6.07, 6.45) is 5.92.